The molecule has 0 heterocycles. The lowest BCUT2D eigenvalue weighted by Gasteiger charge is -2.28. The Morgan fingerprint density at radius 3 is 2.85 bits per heavy atom. The minimum Gasteiger partial charge on any atom is -0.352 e. The molecule has 4 nitrogen and oxygen atoms in total. The normalized spacial score (nSPS) is 22.4. The molecule has 1 amide bonds. The number of hydrogen-bond donors (Lipinski definition) is 3. The highest BCUT2D eigenvalue weighted by Gasteiger charge is 2.22. The SMILES string of the molecule is CC1CCCCC1CNC(=O)c1cc(Cl)ccc1NN. The first-order valence-corrected chi connectivity index (χ1v) is 7.54. The van der Waals surface area contributed by atoms with Crippen molar-refractivity contribution in [3.05, 3.63) is 28.8 Å². The van der Waals surface area contributed by atoms with E-state index in [1.807, 2.05) is 0 Å². The molecule has 2 atom stereocenters. The number of rotatable bonds is 4. The summed E-state index contributed by atoms with van der Waals surface area (Å²) in [6, 6.07) is 5.05. The zero-order valence-corrected chi connectivity index (χ0v) is 12.5. The molecule has 1 aromatic rings. The Morgan fingerprint density at radius 2 is 2.15 bits per heavy atom. The van der Waals surface area contributed by atoms with Crippen LogP contribution < -0.4 is 16.6 Å². The molecule has 5 heteroatoms. The van der Waals surface area contributed by atoms with E-state index in [9.17, 15) is 4.79 Å². The van der Waals surface area contributed by atoms with Gasteiger partial charge in [0.2, 0.25) is 0 Å². The van der Waals surface area contributed by atoms with Crippen molar-refractivity contribution >= 4 is 23.2 Å². The quantitative estimate of drug-likeness (QED) is 0.590. The van der Waals surface area contributed by atoms with Crippen molar-refractivity contribution in [3.8, 4) is 0 Å². The van der Waals surface area contributed by atoms with Crippen LogP contribution in [0.4, 0.5) is 5.69 Å². The largest absolute Gasteiger partial charge is 0.352 e. The molecule has 0 aliphatic heterocycles. The Morgan fingerprint density at radius 1 is 1.40 bits per heavy atom. The van der Waals surface area contributed by atoms with E-state index in [0.717, 1.165) is 6.54 Å². The number of halogens is 1. The highest BCUT2D eigenvalue weighted by Crippen LogP contribution is 2.29. The van der Waals surface area contributed by atoms with Crippen LogP contribution in [0.5, 0.6) is 0 Å². The predicted molar refractivity (Wildman–Crippen MR) is 82.7 cm³/mol. The highest BCUT2D eigenvalue weighted by atomic mass is 35.5. The van der Waals surface area contributed by atoms with E-state index in [2.05, 4.69) is 17.7 Å². The summed E-state index contributed by atoms with van der Waals surface area (Å²) in [5.41, 5.74) is 3.61. The maximum atomic E-state index is 12.3. The summed E-state index contributed by atoms with van der Waals surface area (Å²) >= 11 is 5.94. The van der Waals surface area contributed by atoms with Crippen molar-refractivity contribution in [2.24, 2.45) is 17.7 Å². The van der Waals surface area contributed by atoms with Gasteiger partial charge in [-0.25, -0.2) is 0 Å². The summed E-state index contributed by atoms with van der Waals surface area (Å²) < 4.78 is 0. The van der Waals surface area contributed by atoms with Crippen molar-refractivity contribution in [2.45, 2.75) is 32.6 Å². The molecule has 0 saturated heterocycles. The number of amides is 1. The first-order valence-electron chi connectivity index (χ1n) is 7.16. The minimum atomic E-state index is -0.127. The van der Waals surface area contributed by atoms with Gasteiger partial charge in [0.15, 0.2) is 0 Å². The molecule has 0 spiro atoms. The van der Waals surface area contributed by atoms with Gasteiger partial charge in [-0.2, -0.15) is 0 Å². The van der Waals surface area contributed by atoms with Crippen molar-refractivity contribution in [2.75, 3.05) is 12.0 Å². The molecular weight excluding hydrogens is 274 g/mol. The van der Waals surface area contributed by atoms with Gasteiger partial charge in [-0.1, -0.05) is 37.8 Å². The zero-order chi connectivity index (χ0) is 14.5. The fourth-order valence-corrected chi connectivity index (χ4v) is 3.02. The molecule has 110 valence electrons. The molecule has 1 aromatic carbocycles. The molecule has 2 rings (SSSR count). The number of carbonyl (C=O) groups excluding carboxylic acids is 1. The number of hydrogen-bond acceptors (Lipinski definition) is 3. The van der Waals surface area contributed by atoms with Crippen LogP contribution >= 0.6 is 11.6 Å². The van der Waals surface area contributed by atoms with Crippen molar-refractivity contribution < 1.29 is 4.79 Å². The summed E-state index contributed by atoms with van der Waals surface area (Å²) in [7, 11) is 0. The summed E-state index contributed by atoms with van der Waals surface area (Å²) in [5, 5.41) is 3.54. The first kappa shape index (κ1) is 15.1. The topological polar surface area (TPSA) is 67.2 Å². The Kier molecular flexibility index (Phi) is 5.26. The molecule has 1 aliphatic carbocycles. The molecule has 0 bridgehead atoms. The Labute approximate surface area is 125 Å². The van der Waals surface area contributed by atoms with Gasteiger partial charge in [0.1, 0.15) is 0 Å². The van der Waals surface area contributed by atoms with Crippen LogP contribution in [-0.2, 0) is 0 Å². The van der Waals surface area contributed by atoms with E-state index in [0.29, 0.717) is 28.1 Å². The van der Waals surface area contributed by atoms with Gasteiger partial charge >= 0.3 is 0 Å². The number of nitrogens with one attached hydrogen (secondary N) is 2. The van der Waals surface area contributed by atoms with Gasteiger partial charge in [-0.3, -0.25) is 10.6 Å². The lowest BCUT2D eigenvalue weighted by Crippen LogP contribution is -2.34. The second-order valence-corrected chi connectivity index (χ2v) is 6.00. The van der Waals surface area contributed by atoms with Crippen LogP contribution in [0.3, 0.4) is 0 Å². The van der Waals surface area contributed by atoms with E-state index in [1.54, 1.807) is 18.2 Å². The van der Waals surface area contributed by atoms with Gasteiger partial charge in [0.05, 0.1) is 11.3 Å². The zero-order valence-electron chi connectivity index (χ0n) is 11.8. The van der Waals surface area contributed by atoms with Crippen LogP contribution in [0.15, 0.2) is 18.2 Å². The van der Waals surface area contributed by atoms with Gasteiger partial charge in [-0.05, 0) is 36.5 Å². The third-order valence-electron chi connectivity index (χ3n) is 4.20. The maximum Gasteiger partial charge on any atom is 0.253 e. The molecular formula is C15H22ClN3O. The number of anilines is 1. The molecule has 1 aliphatic rings. The summed E-state index contributed by atoms with van der Waals surface area (Å²) in [5.74, 6) is 6.55. The van der Waals surface area contributed by atoms with Gasteiger partial charge in [0, 0.05) is 11.6 Å². The smallest absolute Gasteiger partial charge is 0.253 e. The fourth-order valence-electron chi connectivity index (χ4n) is 2.85. The number of nitrogens with two attached hydrogens (primary N) is 1. The average Bonchev–Trinajstić information content (AvgIpc) is 2.46. The van der Waals surface area contributed by atoms with Gasteiger partial charge < -0.3 is 10.7 Å². The van der Waals surface area contributed by atoms with E-state index < -0.39 is 0 Å². The monoisotopic (exact) mass is 295 g/mol. The Balaban J connectivity index is 1.99. The third-order valence-corrected chi connectivity index (χ3v) is 4.43. The Hall–Kier alpha value is -1.26. The van der Waals surface area contributed by atoms with E-state index in [1.165, 1.54) is 25.7 Å². The number of benzene rings is 1. The number of nitrogen functional groups attached to an aromatic ring is 1. The Bertz CT molecular complexity index is 478. The molecule has 1 fully saturated rings. The molecule has 0 aromatic heterocycles. The van der Waals surface area contributed by atoms with Crippen molar-refractivity contribution in [1.29, 1.82) is 0 Å². The van der Waals surface area contributed by atoms with Crippen LogP contribution in [0.25, 0.3) is 0 Å². The first-order chi connectivity index (χ1) is 9.61. The van der Waals surface area contributed by atoms with Crippen molar-refractivity contribution in [3.63, 3.8) is 0 Å². The summed E-state index contributed by atoms with van der Waals surface area (Å²) in [4.78, 5) is 12.3. The van der Waals surface area contributed by atoms with Crippen LogP contribution in [0.2, 0.25) is 5.02 Å². The summed E-state index contributed by atoms with van der Waals surface area (Å²) in [6.07, 6.45) is 5.02. The van der Waals surface area contributed by atoms with Crippen LogP contribution in [-0.4, -0.2) is 12.5 Å². The molecule has 2 unspecified atom stereocenters. The maximum absolute atomic E-state index is 12.3. The van der Waals surface area contributed by atoms with Crippen LogP contribution in [0.1, 0.15) is 43.0 Å². The second-order valence-electron chi connectivity index (χ2n) is 5.57. The molecule has 20 heavy (non-hydrogen) atoms. The second kappa shape index (κ2) is 6.95. The average molecular weight is 296 g/mol. The van der Waals surface area contributed by atoms with Gasteiger partial charge in [-0.15, -0.1) is 0 Å². The molecule has 4 N–H and O–H groups in total. The highest BCUT2D eigenvalue weighted by molar-refractivity contribution is 6.31. The lowest BCUT2D eigenvalue weighted by atomic mass is 9.80. The fraction of sp³-hybridized carbons (Fsp3) is 0.533. The molecule has 1 saturated carbocycles. The van der Waals surface area contributed by atoms with E-state index in [-0.39, 0.29) is 5.91 Å². The van der Waals surface area contributed by atoms with Gasteiger partial charge in [0.25, 0.3) is 5.91 Å². The predicted octanol–water partition coefficient (Wildman–Crippen LogP) is 3.18. The van der Waals surface area contributed by atoms with E-state index in [4.69, 9.17) is 17.4 Å². The van der Waals surface area contributed by atoms with Crippen LogP contribution in [0, 0.1) is 11.8 Å². The summed E-state index contributed by atoms with van der Waals surface area (Å²) in [6.45, 7) is 2.98. The molecule has 0 radical (unpaired) electrons. The number of carbonyl (C=O) groups is 1. The standard InChI is InChI=1S/C15H22ClN3O/c1-10-4-2-3-5-11(10)9-18-15(20)13-8-12(16)6-7-14(13)19-17/h6-8,10-11,19H,2-5,9,17H2,1H3,(H,18,20). The lowest BCUT2D eigenvalue weighted by molar-refractivity contribution is 0.0937. The minimum absolute atomic E-state index is 0.127. The van der Waals surface area contributed by atoms with E-state index >= 15 is 0 Å². The number of hydrazine groups is 1. The van der Waals surface area contributed by atoms with Crippen molar-refractivity contribution in [1.82, 2.24) is 5.32 Å². The third kappa shape index (κ3) is 3.64.